The quantitative estimate of drug-likeness (QED) is 0.101. The Hall–Kier alpha value is -4.48. The third kappa shape index (κ3) is 7.80. The van der Waals surface area contributed by atoms with Crippen LogP contribution in [0.15, 0.2) is 123 Å². The van der Waals surface area contributed by atoms with Crippen LogP contribution in [0.3, 0.4) is 0 Å². The van der Waals surface area contributed by atoms with Gasteiger partial charge in [0.25, 0.3) is 0 Å². The van der Waals surface area contributed by atoms with E-state index < -0.39 is 29.9 Å². The number of aryl methyl sites for hydroxylation is 4. The molecule has 0 aliphatic heterocycles. The van der Waals surface area contributed by atoms with Crippen molar-refractivity contribution in [2.24, 2.45) is 14.1 Å². The molecule has 5 nitrogen and oxygen atoms in total. The number of hydrogen-bond donors (Lipinski definition) is 0. The molecule has 0 aliphatic carbocycles. The fourth-order valence-corrected chi connectivity index (χ4v) is 5.63. The number of halogens is 6. The van der Waals surface area contributed by atoms with Crippen molar-refractivity contribution in [3.05, 3.63) is 151 Å². The van der Waals surface area contributed by atoms with Crippen LogP contribution in [-0.4, -0.2) is 29.5 Å². The molecule has 0 atom stereocenters. The predicted octanol–water partition coefficient (Wildman–Crippen LogP) is 7.38. The van der Waals surface area contributed by atoms with Gasteiger partial charge in [-0.25, -0.2) is 9.13 Å². The predicted molar refractivity (Wildman–Crippen MR) is 172 cm³/mol. The number of alkyl halides is 6. The maximum atomic E-state index is 12.7. The number of nitrogens with zero attached hydrogens (tertiary/aromatic N) is 5. The van der Waals surface area contributed by atoms with E-state index in [4.69, 9.17) is 0 Å². The number of aromatic nitrogens is 5. The maximum Gasteiger partial charge on any atom is 0.399 e. The Bertz CT molecular complexity index is 1830. The molecular weight excluding hydrogens is 807 g/mol. The molecule has 3 aromatic heterocycles. The minimum Gasteiger partial charge on any atom is -0.366 e. The van der Waals surface area contributed by atoms with Gasteiger partial charge in [-0.2, -0.15) is 37.3 Å². The van der Waals surface area contributed by atoms with Gasteiger partial charge in [0.1, 0.15) is 25.0 Å². The van der Waals surface area contributed by atoms with E-state index in [2.05, 4.69) is 137 Å². The largest absolute Gasteiger partial charge is 0.399 e. The Balaban J connectivity index is 0.000000222. The van der Waals surface area contributed by atoms with Crippen LogP contribution < -0.4 is 10.9 Å². The number of hydrogen-bond acceptors (Lipinski definition) is 1. The van der Waals surface area contributed by atoms with Crippen molar-refractivity contribution in [3.8, 4) is 11.3 Å². The molecule has 13 heteroatoms. The van der Waals surface area contributed by atoms with E-state index in [-0.39, 0.29) is 37.4 Å². The summed E-state index contributed by atoms with van der Waals surface area (Å²) in [6, 6.07) is 24.7. The molecule has 0 spiro atoms. The van der Waals surface area contributed by atoms with Crippen molar-refractivity contribution in [2.75, 3.05) is 0 Å². The first-order chi connectivity index (χ1) is 22.2. The maximum absolute atomic E-state index is 12.7. The van der Waals surface area contributed by atoms with Crippen molar-refractivity contribution < 1.29 is 46.4 Å². The molecule has 0 fully saturated rings. The summed E-state index contributed by atoms with van der Waals surface area (Å²) < 4.78 is 84.7. The zero-order valence-corrected chi connectivity index (χ0v) is 28.9. The fraction of sp³-hybridized carbons (Fsp3) is 0.171. The van der Waals surface area contributed by atoms with Gasteiger partial charge in [0.2, 0.25) is 0 Å². The standard InChI is InChI=1S/C22H26BN4.C13H6F6N.Ir/c1-19-5-9-21(10-6-19)23(26-15-13-24(3)17-26,27-16-14-25(4)18-27)22-11-7-20(2)8-12-22;14-12(15,16)9-5-8(11-3-1-2-4-20-11)6-10(7-9)13(17,18)19;/h5-18H,1-4H3;1-5,7H;/q+1;-1;. The van der Waals surface area contributed by atoms with Crippen molar-refractivity contribution in [2.45, 2.75) is 26.2 Å². The summed E-state index contributed by atoms with van der Waals surface area (Å²) in [6.07, 6.45) is 2.94. The Morgan fingerprint density at radius 1 is 0.667 bits per heavy atom. The normalized spacial score (nSPS) is 11.8. The Kier molecular flexibility index (Phi) is 10.9. The van der Waals surface area contributed by atoms with Crippen LogP contribution in [0.5, 0.6) is 0 Å². The molecule has 6 rings (SSSR count). The smallest absolute Gasteiger partial charge is 0.366 e. The minimum absolute atomic E-state index is 0. The molecule has 0 amide bonds. The summed E-state index contributed by atoms with van der Waals surface area (Å²) in [5.41, 5.74) is 1.86. The van der Waals surface area contributed by atoms with Gasteiger partial charge in [0.05, 0.1) is 0 Å². The van der Waals surface area contributed by atoms with Crippen LogP contribution in [0, 0.1) is 19.9 Å². The molecule has 0 N–H and O–H groups in total. The van der Waals surface area contributed by atoms with E-state index in [1.165, 1.54) is 46.4 Å². The number of rotatable bonds is 5. The van der Waals surface area contributed by atoms with Crippen LogP contribution in [0.1, 0.15) is 22.3 Å². The number of benzene rings is 3. The first-order valence-electron chi connectivity index (χ1n) is 14.7. The van der Waals surface area contributed by atoms with Gasteiger partial charge < -0.3 is 13.9 Å². The molecule has 0 saturated carbocycles. The molecule has 3 aromatic carbocycles. The third-order valence-electron chi connectivity index (χ3n) is 7.97. The van der Waals surface area contributed by atoms with Crippen LogP contribution in [0.4, 0.5) is 26.3 Å². The summed E-state index contributed by atoms with van der Waals surface area (Å²) >= 11 is 0. The Morgan fingerprint density at radius 3 is 1.54 bits per heavy atom. The summed E-state index contributed by atoms with van der Waals surface area (Å²) in [6.45, 7) is 4.27. The second-order valence-electron chi connectivity index (χ2n) is 11.6. The molecular formula is C35H32BF6IrN5. The molecule has 48 heavy (non-hydrogen) atoms. The second kappa shape index (κ2) is 14.3. The second-order valence-corrected chi connectivity index (χ2v) is 11.6. The molecule has 251 valence electrons. The first-order valence-corrected chi connectivity index (χ1v) is 14.7. The zero-order valence-electron chi connectivity index (χ0n) is 26.5. The Labute approximate surface area is 288 Å². The van der Waals surface area contributed by atoms with Crippen molar-refractivity contribution in [1.29, 1.82) is 0 Å². The number of pyridine rings is 1. The monoisotopic (exact) mass is 840 g/mol. The summed E-state index contributed by atoms with van der Waals surface area (Å²) in [4.78, 5) is 3.73. The van der Waals surface area contributed by atoms with E-state index in [1.807, 2.05) is 6.07 Å². The summed E-state index contributed by atoms with van der Waals surface area (Å²) in [5, 5.41) is 0. The average Bonchev–Trinajstić information content (AvgIpc) is 3.67. The Morgan fingerprint density at radius 2 is 1.17 bits per heavy atom. The van der Waals surface area contributed by atoms with Crippen LogP contribution in [0.2, 0.25) is 0 Å². The van der Waals surface area contributed by atoms with E-state index >= 15 is 0 Å². The van der Waals surface area contributed by atoms with Crippen molar-refractivity contribution >= 4 is 17.3 Å². The molecule has 1 radical (unpaired) electrons. The first kappa shape index (κ1) is 36.4. The van der Waals surface area contributed by atoms with Gasteiger partial charge in [-0.3, -0.25) is 0 Å². The van der Waals surface area contributed by atoms with Crippen LogP contribution >= 0.6 is 0 Å². The van der Waals surface area contributed by atoms with Gasteiger partial charge in [0.15, 0.2) is 12.4 Å². The summed E-state index contributed by atoms with van der Waals surface area (Å²) in [5.74, 6) is 0. The van der Waals surface area contributed by atoms with E-state index in [9.17, 15) is 26.3 Å². The molecule has 0 saturated heterocycles. The minimum atomic E-state index is -4.91. The van der Waals surface area contributed by atoms with Gasteiger partial charge in [-0.15, -0.1) is 23.8 Å². The SMILES string of the molecule is Cc1ccc([B-](c2ccc(C)cc2)(n2ccn(C)[cH+]2)n2ccn(C)[cH+]2)cc1.FC(F)(F)c1[c-]c(-c2ccccn2)cc(C(F)(F)F)c1.[Ir]. The average molecular weight is 840 g/mol. The molecule has 0 unspecified atom stereocenters. The molecule has 0 bridgehead atoms. The van der Waals surface area contributed by atoms with Gasteiger partial charge in [-0.1, -0.05) is 71.8 Å². The van der Waals surface area contributed by atoms with Gasteiger partial charge in [-0.05, 0) is 36.7 Å². The third-order valence-corrected chi connectivity index (χ3v) is 7.97. The zero-order chi connectivity index (χ0) is 34.0. The number of imidazole rings is 2. The van der Waals surface area contributed by atoms with Crippen molar-refractivity contribution in [1.82, 2.24) is 23.1 Å². The molecule has 6 aromatic rings. The van der Waals surface area contributed by atoms with E-state index in [0.717, 1.165) is 0 Å². The fourth-order valence-electron chi connectivity index (χ4n) is 5.63. The van der Waals surface area contributed by atoms with Crippen LogP contribution in [0.25, 0.3) is 11.3 Å². The van der Waals surface area contributed by atoms with E-state index in [1.54, 1.807) is 0 Å². The molecule has 3 heterocycles. The van der Waals surface area contributed by atoms with Crippen LogP contribution in [-0.2, 0) is 46.6 Å². The summed E-state index contributed by atoms with van der Waals surface area (Å²) in [7, 11) is 4.13. The van der Waals surface area contributed by atoms with Gasteiger partial charge >= 0.3 is 18.8 Å². The van der Waals surface area contributed by atoms with E-state index in [0.29, 0.717) is 6.07 Å². The topological polar surface area (TPSA) is 32.6 Å². The van der Waals surface area contributed by atoms with Gasteiger partial charge in [0, 0.05) is 40.4 Å². The molecule has 0 aliphatic rings. The van der Waals surface area contributed by atoms with Crippen molar-refractivity contribution in [3.63, 3.8) is 0 Å².